The summed E-state index contributed by atoms with van der Waals surface area (Å²) in [6.07, 6.45) is 4.67. The second-order valence-electron chi connectivity index (χ2n) is 5.25. The topological polar surface area (TPSA) is 41.6 Å². The lowest BCUT2D eigenvalue weighted by Gasteiger charge is -2.30. The number of methoxy groups -OCH3 is 1. The molecule has 112 valence electrons. The second kappa shape index (κ2) is 7.64. The number of hydrogen-bond acceptors (Lipinski definition) is 4. The van der Waals surface area contributed by atoms with Gasteiger partial charge in [0, 0.05) is 30.6 Å². The molecule has 0 spiro atoms. The SMILES string of the molecule is CCCN(CC1CCCCN1)C(=O)c1cc(OC)cs1. The molecule has 2 heterocycles. The van der Waals surface area contributed by atoms with Crippen molar-refractivity contribution in [3.63, 3.8) is 0 Å². The lowest BCUT2D eigenvalue weighted by atomic mass is 10.0. The summed E-state index contributed by atoms with van der Waals surface area (Å²) in [5.41, 5.74) is 0. The Morgan fingerprint density at radius 1 is 1.55 bits per heavy atom. The van der Waals surface area contributed by atoms with Crippen LogP contribution in [0.4, 0.5) is 0 Å². The Bertz CT molecular complexity index is 427. The molecule has 0 radical (unpaired) electrons. The van der Waals surface area contributed by atoms with Crippen LogP contribution in [0, 0.1) is 0 Å². The molecule has 5 heteroatoms. The first-order valence-corrected chi connectivity index (χ1v) is 8.27. The van der Waals surface area contributed by atoms with Gasteiger partial charge in [0.1, 0.15) is 5.75 Å². The first-order valence-electron chi connectivity index (χ1n) is 7.39. The van der Waals surface area contributed by atoms with E-state index in [1.807, 2.05) is 16.3 Å². The van der Waals surface area contributed by atoms with Gasteiger partial charge in [0.15, 0.2) is 0 Å². The number of hydrogen-bond donors (Lipinski definition) is 1. The zero-order valence-electron chi connectivity index (χ0n) is 12.4. The van der Waals surface area contributed by atoms with Crippen molar-refractivity contribution >= 4 is 17.2 Å². The molecule has 1 aliphatic heterocycles. The van der Waals surface area contributed by atoms with Crippen molar-refractivity contribution in [2.45, 2.75) is 38.6 Å². The number of amides is 1. The van der Waals surface area contributed by atoms with Gasteiger partial charge in [-0.25, -0.2) is 0 Å². The van der Waals surface area contributed by atoms with E-state index in [2.05, 4.69) is 12.2 Å². The summed E-state index contributed by atoms with van der Waals surface area (Å²) in [4.78, 5) is 15.3. The summed E-state index contributed by atoms with van der Waals surface area (Å²) in [5, 5.41) is 5.40. The molecular weight excluding hydrogens is 272 g/mol. The van der Waals surface area contributed by atoms with Gasteiger partial charge in [-0.3, -0.25) is 4.79 Å². The number of ether oxygens (including phenoxy) is 1. The van der Waals surface area contributed by atoms with Crippen LogP contribution in [0.2, 0.25) is 0 Å². The van der Waals surface area contributed by atoms with Gasteiger partial charge in [-0.15, -0.1) is 11.3 Å². The van der Waals surface area contributed by atoms with Crippen LogP contribution in [0.3, 0.4) is 0 Å². The van der Waals surface area contributed by atoms with Crippen LogP contribution in [-0.2, 0) is 0 Å². The van der Waals surface area contributed by atoms with Crippen LogP contribution in [-0.4, -0.2) is 43.6 Å². The van der Waals surface area contributed by atoms with Crippen molar-refractivity contribution in [2.24, 2.45) is 0 Å². The number of nitrogens with zero attached hydrogens (tertiary/aromatic N) is 1. The van der Waals surface area contributed by atoms with Gasteiger partial charge >= 0.3 is 0 Å². The summed E-state index contributed by atoms with van der Waals surface area (Å²) in [6, 6.07) is 2.28. The summed E-state index contributed by atoms with van der Waals surface area (Å²) in [7, 11) is 1.63. The Morgan fingerprint density at radius 2 is 2.40 bits per heavy atom. The average molecular weight is 296 g/mol. The molecule has 0 aromatic carbocycles. The van der Waals surface area contributed by atoms with Gasteiger partial charge in [0.05, 0.1) is 12.0 Å². The molecule has 1 aliphatic rings. The number of carbonyl (C=O) groups is 1. The molecular formula is C15H24N2O2S. The van der Waals surface area contributed by atoms with Crippen molar-refractivity contribution in [3.8, 4) is 5.75 Å². The highest BCUT2D eigenvalue weighted by atomic mass is 32.1. The van der Waals surface area contributed by atoms with Gasteiger partial charge < -0.3 is 15.0 Å². The van der Waals surface area contributed by atoms with Gasteiger partial charge in [-0.2, -0.15) is 0 Å². The Balaban J connectivity index is 2.00. The third kappa shape index (κ3) is 3.96. The van der Waals surface area contributed by atoms with Crippen LogP contribution in [0.1, 0.15) is 42.3 Å². The second-order valence-corrected chi connectivity index (χ2v) is 6.16. The largest absolute Gasteiger partial charge is 0.496 e. The minimum atomic E-state index is 0.132. The van der Waals surface area contributed by atoms with Gasteiger partial charge in [0.25, 0.3) is 5.91 Å². The molecule has 1 N–H and O–H groups in total. The van der Waals surface area contributed by atoms with Crippen LogP contribution in [0.15, 0.2) is 11.4 Å². The molecule has 2 rings (SSSR count). The molecule has 0 aliphatic carbocycles. The lowest BCUT2D eigenvalue weighted by Crippen LogP contribution is -2.45. The molecule has 4 nitrogen and oxygen atoms in total. The van der Waals surface area contributed by atoms with Gasteiger partial charge in [0.2, 0.25) is 0 Å². The monoisotopic (exact) mass is 296 g/mol. The smallest absolute Gasteiger partial charge is 0.264 e. The highest BCUT2D eigenvalue weighted by Gasteiger charge is 2.22. The molecule has 1 amide bonds. The zero-order chi connectivity index (χ0) is 14.4. The molecule has 20 heavy (non-hydrogen) atoms. The Hall–Kier alpha value is -1.07. The van der Waals surface area contributed by atoms with E-state index in [9.17, 15) is 4.79 Å². The van der Waals surface area contributed by atoms with Crippen molar-refractivity contribution in [1.29, 1.82) is 0 Å². The maximum absolute atomic E-state index is 12.6. The van der Waals surface area contributed by atoms with E-state index < -0.39 is 0 Å². The first kappa shape index (κ1) is 15.3. The van der Waals surface area contributed by atoms with Crippen LogP contribution >= 0.6 is 11.3 Å². The highest BCUT2D eigenvalue weighted by Crippen LogP contribution is 2.23. The minimum absolute atomic E-state index is 0.132. The summed E-state index contributed by atoms with van der Waals surface area (Å²) < 4.78 is 5.16. The normalized spacial score (nSPS) is 18.8. The molecule has 1 atom stereocenters. The third-order valence-electron chi connectivity index (χ3n) is 3.66. The van der Waals surface area contributed by atoms with E-state index in [-0.39, 0.29) is 5.91 Å². The van der Waals surface area contributed by atoms with E-state index in [0.717, 1.165) is 36.7 Å². The molecule has 1 aromatic heterocycles. The maximum atomic E-state index is 12.6. The third-order valence-corrected chi connectivity index (χ3v) is 4.55. The maximum Gasteiger partial charge on any atom is 0.264 e. The summed E-state index contributed by atoms with van der Waals surface area (Å²) in [6.45, 7) is 4.82. The molecule has 1 fully saturated rings. The predicted octanol–water partition coefficient (Wildman–Crippen LogP) is 2.75. The van der Waals surface area contributed by atoms with Crippen LogP contribution in [0.5, 0.6) is 5.75 Å². The van der Waals surface area contributed by atoms with E-state index in [0.29, 0.717) is 6.04 Å². The van der Waals surface area contributed by atoms with E-state index in [4.69, 9.17) is 4.74 Å². The van der Waals surface area contributed by atoms with E-state index >= 15 is 0 Å². The number of carbonyl (C=O) groups excluding carboxylic acids is 1. The fraction of sp³-hybridized carbons (Fsp3) is 0.667. The van der Waals surface area contributed by atoms with Crippen molar-refractivity contribution < 1.29 is 9.53 Å². The van der Waals surface area contributed by atoms with E-state index in [1.54, 1.807) is 7.11 Å². The molecule has 1 aromatic rings. The van der Waals surface area contributed by atoms with Gasteiger partial charge in [-0.1, -0.05) is 13.3 Å². The zero-order valence-corrected chi connectivity index (χ0v) is 13.2. The summed E-state index contributed by atoms with van der Waals surface area (Å²) in [5.74, 6) is 0.901. The fourth-order valence-electron chi connectivity index (χ4n) is 2.59. The van der Waals surface area contributed by atoms with Crippen molar-refractivity contribution in [1.82, 2.24) is 10.2 Å². The van der Waals surface area contributed by atoms with E-state index in [1.165, 1.54) is 30.6 Å². The molecule has 0 bridgehead atoms. The van der Waals surface area contributed by atoms with Crippen LogP contribution < -0.4 is 10.1 Å². The van der Waals surface area contributed by atoms with Crippen LogP contribution in [0.25, 0.3) is 0 Å². The average Bonchev–Trinajstić information content (AvgIpc) is 2.96. The highest BCUT2D eigenvalue weighted by molar-refractivity contribution is 7.12. The number of thiophene rings is 1. The number of rotatable bonds is 6. The lowest BCUT2D eigenvalue weighted by molar-refractivity contribution is 0.0736. The first-order chi connectivity index (χ1) is 9.74. The van der Waals surface area contributed by atoms with Crippen molar-refractivity contribution in [3.05, 3.63) is 16.3 Å². The molecule has 0 saturated carbocycles. The Labute approximate surface area is 125 Å². The quantitative estimate of drug-likeness (QED) is 0.877. The molecule has 1 unspecified atom stereocenters. The van der Waals surface area contributed by atoms with Gasteiger partial charge in [-0.05, 0) is 25.8 Å². The Morgan fingerprint density at radius 3 is 3.00 bits per heavy atom. The summed E-state index contributed by atoms with van der Waals surface area (Å²) >= 11 is 1.46. The predicted molar refractivity (Wildman–Crippen MR) is 82.7 cm³/mol. The minimum Gasteiger partial charge on any atom is -0.496 e. The number of piperidine rings is 1. The van der Waals surface area contributed by atoms with Crippen molar-refractivity contribution in [2.75, 3.05) is 26.7 Å². The Kier molecular flexibility index (Phi) is 5.86. The fourth-order valence-corrected chi connectivity index (χ4v) is 3.41. The molecule has 1 saturated heterocycles. The number of nitrogens with one attached hydrogen (secondary N) is 1. The standard InChI is InChI=1S/C15H24N2O2S/c1-3-8-17(10-12-6-4-5-7-16-12)15(18)14-9-13(19-2)11-20-14/h9,11-12,16H,3-8,10H2,1-2H3.